The van der Waals surface area contributed by atoms with Crippen molar-refractivity contribution in [3.05, 3.63) is 27.7 Å². The van der Waals surface area contributed by atoms with Gasteiger partial charge in [0.1, 0.15) is 6.42 Å². The number of nitrogens with two attached hydrogens (primary N) is 1. The first-order valence-corrected chi connectivity index (χ1v) is 5.19. The van der Waals surface area contributed by atoms with Gasteiger partial charge in [-0.05, 0) is 18.2 Å². The highest BCUT2D eigenvalue weighted by molar-refractivity contribution is 9.10. The summed E-state index contributed by atoms with van der Waals surface area (Å²) in [4.78, 5) is 21.6. The molecule has 2 amide bonds. The van der Waals surface area contributed by atoms with Crippen molar-refractivity contribution < 1.29 is 9.59 Å². The standard InChI is InChI=1S/C9H8BrClN2O2/c10-5-1-6(11)3-7(2-5)13-9(15)4-8(12)14/h1-3H,4H2,(H2,12,14)(H,13,15). The zero-order valence-electron chi connectivity index (χ0n) is 7.59. The lowest BCUT2D eigenvalue weighted by Gasteiger charge is -2.04. The van der Waals surface area contributed by atoms with Crippen molar-refractivity contribution in [1.29, 1.82) is 0 Å². The molecular weight excluding hydrogens is 283 g/mol. The Bertz CT molecular complexity index is 389. The van der Waals surface area contributed by atoms with E-state index in [0.29, 0.717) is 10.7 Å². The number of halogens is 2. The van der Waals surface area contributed by atoms with Gasteiger partial charge in [0.15, 0.2) is 0 Å². The van der Waals surface area contributed by atoms with Crippen molar-refractivity contribution in [3.8, 4) is 0 Å². The van der Waals surface area contributed by atoms with Crippen LogP contribution in [0.3, 0.4) is 0 Å². The molecule has 15 heavy (non-hydrogen) atoms. The topological polar surface area (TPSA) is 72.2 Å². The maximum atomic E-state index is 11.2. The van der Waals surface area contributed by atoms with E-state index in [1.54, 1.807) is 18.2 Å². The number of anilines is 1. The molecule has 0 saturated carbocycles. The fraction of sp³-hybridized carbons (Fsp3) is 0.111. The first-order chi connectivity index (χ1) is 6.97. The summed E-state index contributed by atoms with van der Waals surface area (Å²) in [6.45, 7) is 0. The second kappa shape index (κ2) is 5.14. The molecule has 0 heterocycles. The number of carbonyl (C=O) groups is 2. The first-order valence-electron chi connectivity index (χ1n) is 4.01. The Hall–Kier alpha value is -1.07. The normalized spacial score (nSPS) is 9.73. The molecular formula is C9H8BrClN2O2. The molecule has 0 radical (unpaired) electrons. The van der Waals surface area contributed by atoms with Gasteiger partial charge in [0.2, 0.25) is 11.8 Å². The largest absolute Gasteiger partial charge is 0.369 e. The van der Waals surface area contributed by atoms with Gasteiger partial charge in [-0.25, -0.2) is 0 Å². The van der Waals surface area contributed by atoms with Crippen LogP contribution in [0.25, 0.3) is 0 Å². The Labute approximate surface area is 99.9 Å². The number of rotatable bonds is 3. The first kappa shape index (κ1) is 12.0. The molecule has 1 aromatic rings. The summed E-state index contributed by atoms with van der Waals surface area (Å²) in [6.07, 6.45) is -0.343. The van der Waals surface area contributed by atoms with Crippen molar-refractivity contribution in [2.45, 2.75) is 6.42 Å². The molecule has 1 rings (SSSR count). The highest BCUT2D eigenvalue weighted by Crippen LogP contribution is 2.22. The van der Waals surface area contributed by atoms with Crippen molar-refractivity contribution in [3.63, 3.8) is 0 Å². The van der Waals surface area contributed by atoms with Gasteiger partial charge >= 0.3 is 0 Å². The number of benzene rings is 1. The molecule has 0 saturated heterocycles. The van der Waals surface area contributed by atoms with E-state index < -0.39 is 11.8 Å². The van der Waals surface area contributed by atoms with Crippen molar-refractivity contribution in [2.75, 3.05) is 5.32 Å². The van der Waals surface area contributed by atoms with Crippen LogP contribution in [0.4, 0.5) is 5.69 Å². The van der Waals surface area contributed by atoms with Gasteiger partial charge in [0.25, 0.3) is 0 Å². The molecule has 1 aromatic carbocycles. The van der Waals surface area contributed by atoms with E-state index in [2.05, 4.69) is 21.2 Å². The third-order valence-corrected chi connectivity index (χ3v) is 2.16. The number of carbonyl (C=O) groups excluding carboxylic acids is 2. The molecule has 0 bridgehead atoms. The Morgan fingerprint density at radius 3 is 2.60 bits per heavy atom. The number of hydrogen-bond donors (Lipinski definition) is 2. The predicted molar refractivity (Wildman–Crippen MR) is 61.6 cm³/mol. The third kappa shape index (κ3) is 4.31. The van der Waals surface area contributed by atoms with E-state index in [9.17, 15) is 9.59 Å². The molecule has 0 spiro atoms. The summed E-state index contributed by atoms with van der Waals surface area (Å²) in [5, 5.41) is 2.99. The van der Waals surface area contributed by atoms with E-state index >= 15 is 0 Å². The van der Waals surface area contributed by atoms with E-state index in [0.717, 1.165) is 4.47 Å². The number of amides is 2. The zero-order valence-corrected chi connectivity index (χ0v) is 9.93. The maximum absolute atomic E-state index is 11.2. The summed E-state index contributed by atoms with van der Waals surface area (Å²) in [7, 11) is 0. The number of nitrogens with one attached hydrogen (secondary N) is 1. The summed E-state index contributed by atoms with van der Waals surface area (Å²) in [5.74, 6) is -1.13. The molecule has 0 fully saturated rings. The fourth-order valence-electron chi connectivity index (χ4n) is 0.989. The van der Waals surface area contributed by atoms with E-state index in [1.165, 1.54) is 0 Å². The quantitative estimate of drug-likeness (QED) is 0.835. The Balaban J connectivity index is 2.72. The van der Waals surface area contributed by atoms with Crippen LogP contribution in [0.15, 0.2) is 22.7 Å². The second-order valence-corrected chi connectivity index (χ2v) is 4.20. The van der Waals surface area contributed by atoms with Crippen LogP contribution in [0.2, 0.25) is 5.02 Å². The van der Waals surface area contributed by atoms with Crippen molar-refractivity contribution in [1.82, 2.24) is 0 Å². The van der Waals surface area contributed by atoms with Crippen LogP contribution >= 0.6 is 27.5 Å². The molecule has 0 aliphatic carbocycles. The monoisotopic (exact) mass is 290 g/mol. The minimum atomic E-state index is -0.673. The molecule has 4 nitrogen and oxygen atoms in total. The van der Waals surface area contributed by atoms with Gasteiger partial charge in [-0.2, -0.15) is 0 Å². The molecule has 0 atom stereocenters. The van der Waals surface area contributed by atoms with Crippen LogP contribution in [-0.2, 0) is 9.59 Å². The third-order valence-electron chi connectivity index (χ3n) is 1.48. The summed E-state index contributed by atoms with van der Waals surface area (Å²) in [6, 6.07) is 4.93. The lowest BCUT2D eigenvalue weighted by atomic mass is 10.3. The van der Waals surface area contributed by atoms with Gasteiger partial charge in [0.05, 0.1) is 0 Å². The molecule has 0 aromatic heterocycles. The maximum Gasteiger partial charge on any atom is 0.233 e. The van der Waals surface area contributed by atoms with Gasteiger partial charge in [-0.1, -0.05) is 27.5 Å². The van der Waals surface area contributed by atoms with E-state index in [4.69, 9.17) is 17.3 Å². The summed E-state index contributed by atoms with van der Waals surface area (Å²) < 4.78 is 0.740. The van der Waals surface area contributed by atoms with Gasteiger partial charge in [-0.3, -0.25) is 9.59 Å². The number of hydrogen-bond acceptors (Lipinski definition) is 2. The summed E-state index contributed by atoms with van der Waals surface area (Å²) in [5.41, 5.74) is 5.39. The van der Waals surface area contributed by atoms with Gasteiger partial charge in [-0.15, -0.1) is 0 Å². The molecule has 0 aliphatic heterocycles. The van der Waals surface area contributed by atoms with Crippen molar-refractivity contribution >= 4 is 45.0 Å². The average molecular weight is 292 g/mol. The van der Waals surface area contributed by atoms with Crippen LogP contribution in [0.1, 0.15) is 6.42 Å². The lowest BCUT2D eigenvalue weighted by Crippen LogP contribution is -2.21. The SMILES string of the molecule is NC(=O)CC(=O)Nc1cc(Cl)cc(Br)c1. The zero-order chi connectivity index (χ0) is 11.4. The van der Waals surface area contributed by atoms with Crippen LogP contribution in [0, 0.1) is 0 Å². The average Bonchev–Trinajstić information content (AvgIpc) is 1.98. The molecule has 0 unspecified atom stereocenters. The smallest absolute Gasteiger partial charge is 0.233 e. The van der Waals surface area contributed by atoms with E-state index in [1.807, 2.05) is 0 Å². The molecule has 6 heteroatoms. The minimum Gasteiger partial charge on any atom is -0.369 e. The highest BCUT2D eigenvalue weighted by Gasteiger charge is 2.06. The fourth-order valence-corrected chi connectivity index (χ4v) is 1.85. The Kier molecular flexibility index (Phi) is 4.11. The van der Waals surface area contributed by atoms with Crippen LogP contribution in [-0.4, -0.2) is 11.8 Å². The molecule has 3 N–H and O–H groups in total. The second-order valence-electron chi connectivity index (χ2n) is 2.85. The summed E-state index contributed by atoms with van der Waals surface area (Å²) >= 11 is 8.99. The molecule has 80 valence electrons. The van der Waals surface area contributed by atoms with E-state index in [-0.39, 0.29) is 6.42 Å². The van der Waals surface area contributed by atoms with Gasteiger partial charge < -0.3 is 11.1 Å². The van der Waals surface area contributed by atoms with Gasteiger partial charge in [0, 0.05) is 15.2 Å². The highest BCUT2D eigenvalue weighted by atomic mass is 79.9. The lowest BCUT2D eigenvalue weighted by molar-refractivity contribution is -0.124. The predicted octanol–water partition coefficient (Wildman–Crippen LogP) is 1.92. The Morgan fingerprint density at radius 1 is 1.40 bits per heavy atom. The Morgan fingerprint density at radius 2 is 2.07 bits per heavy atom. The minimum absolute atomic E-state index is 0.343. The number of primary amides is 1. The van der Waals surface area contributed by atoms with Crippen molar-refractivity contribution in [2.24, 2.45) is 5.73 Å². The van der Waals surface area contributed by atoms with Crippen LogP contribution < -0.4 is 11.1 Å². The molecule has 0 aliphatic rings. The van der Waals surface area contributed by atoms with Crippen LogP contribution in [0.5, 0.6) is 0 Å².